The fourth-order valence-corrected chi connectivity index (χ4v) is 1.41. The molecule has 1 rings (SSSR count). The van der Waals surface area contributed by atoms with E-state index in [0.717, 1.165) is 12.1 Å². The summed E-state index contributed by atoms with van der Waals surface area (Å²) in [4.78, 5) is 11.0. The molecular formula is C14H12F4O2. The largest absolute Gasteiger partial charge is 0.483 e. The lowest BCUT2D eigenvalue weighted by atomic mass is 10.1. The number of allylic oxidation sites excluding steroid dienone is 4. The minimum absolute atomic E-state index is 0.0975. The highest BCUT2D eigenvalue weighted by Crippen LogP contribution is 2.28. The van der Waals surface area contributed by atoms with Gasteiger partial charge in [-0.25, -0.2) is 4.39 Å². The van der Waals surface area contributed by atoms with Crippen molar-refractivity contribution in [2.45, 2.75) is 13.1 Å². The number of hydrogen-bond donors (Lipinski definition) is 0. The van der Waals surface area contributed by atoms with Crippen LogP contribution in [0.3, 0.4) is 0 Å². The number of rotatable bonds is 5. The molecule has 108 valence electrons. The topological polar surface area (TPSA) is 26.3 Å². The van der Waals surface area contributed by atoms with Crippen LogP contribution in [0.15, 0.2) is 36.4 Å². The van der Waals surface area contributed by atoms with Gasteiger partial charge in [0.2, 0.25) is 0 Å². The van der Waals surface area contributed by atoms with E-state index < -0.39 is 18.6 Å². The third kappa shape index (κ3) is 4.87. The van der Waals surface area contributed by atoms with Gasteiger partial charge in [-0.15, -0.1) is 0 Å². The molecule has 20 heavy (non-hydrogen) atoms. The van der Waals surface area contributed by atoms with Gasteiger partial charge in [-0.3, -0.25) is 4.79 Å². The highest BCUT2D eigenvalue weighted by Gasteiger charge is 2.29. The van der Waals surface area contributed by atoms with Gasteiger partial charge in [0.15, 0.2) is 12.9 Å². The molecule has 0 aliphatic carbocycles. The summed E-state index contributed by atoms with van der Waals surface area (Å²) < 4.78 is 54.1. The van der Waals surface area contributed by atoms with Crippen LogP contribution in [0.25, 0.3) is 5.57 Å². The van der Waals surface area contributed by atoms with Crippen molar-refractivity contribution < 1.29 is 27.1 Å². The van der Waals surface area contributed by atoms with Crippen molar-refractivity contribution in [1.82, 2.24) is 0 Å². The molecule has 0 aliphatic rings. The standard InChI is InChI=1S/C14H12F4O2/c1-2-3-4-10(8-19)12-6-5-11(15)7-13(12)20-9-14(16,17)18/h2-8H,9H2,1H3/b3-2-,10-4-. The van der Waals surface area contributed by atoms with Gasteiger partial charge < -0.3 is 4.74 Å². The van der Waals surface area contributed by atoms with Crippen LogP contribution in [-0.2, 0) is 4.79 Å². The number of halogens is 4. The predicted molar refractivity (Wildman–Crippen MR) is 66.8 cm³/mol. The van der Waals surface area contributed by atoms with Crippen LogP contribution in [0, 0.1) is 5.82 Å². The summed E-state index contributed by atoms with van der Waals surface area (Å²) in [5, 5.41) is 0. The monoisotopic (exact) mass is 288 g/mol. The molecule has 0 saturated heterocycles. The molecule has 0 unspecified atom stereocenters. The van der Waals surface area contributed by atoms with Crippen molar-refractivity contribution in [2.24, 2.45) is 0 Å². The smallest absolute Gasteiger partial charge is 0.422 e. The van der Waals surface area contributed by atoms with E-state index in [1.165, 1.54) is 12.1 Å². The second-order valence-electron chi connectivity index (χ2n) is 3.81. The Morgan fingerprint density at radius 1 is 1.35 bits per heavy atom. The Kier molecular flexibility index (Phi) is 5.49. The molecule has 0 aliphatic heterocycles. The molecule has 0 bridgehead atoms. The lowest BCUT2D eigenvalue weighted by molar-refractivity contribution is -0.153. The number of aldehydes is 1. The summed E-state index contributed by atoms with van der Waals surface area (Å²) in [6.07, 6.45) is 0.510. The van der Waals surface area contributed by atoms with Crippen molar-refractivity contribution in [2.75, 3.05) is 6.61 Å². The van der Waals surface area contributed by atoms with Gasteiger partial charge in [-0.05, 0) is 19.1 Å². The Bertz CT molecular complexity index is 530. The first-order chi connectivity index (χ1) is 9.37. The van der Waals surface area contributed by atoms with Crippen molar-refractivity contribution in [3.8, 4) is 5.75 Å². The molecule has 0 atom stereocenters. The molecule has 0 fully saturated rings. The Labute approximate surface area is 113 Å². The van der Waals surface area contributed by atoms with Gasteiger partial charge in [0, 0.05) is 17.2 Å². The molecule has 0 radical (unpaired) electrons. The first-order valence-corrected chi connectivity index (χ1v) is 5.65. The average molecular weight is 288 g/mol. The summed E-state index contributed by atoms with van der Waals surface area (Å²) >= 11 is 0. The molecule has 6 heteroatoms. The molecule has 0 saturated carbocycles. The Hall–Kier alpha value is -2.11. The average Bonchev–Trinajstić information content (AvgIpc) is 2.38. The molecule has 1 aromatic rings. The van der Waals surface area contributed by atoms with Crippen LogP contribution in [0.5, 0.6) is 5.75 Å². The van der Waals surface area contributed by atoms with Gasteiger partial charge in [-0.1, -0.05) is 18.2 Å². The van der Waals surface area contributed by atoms with Crippen LogP contribution >= 0.6 is 0 Å². The van der Waals surface area contributed by atoms with Crippen LogP contribution in [-0.4, -0.2) is 19.1 Å². The highest BCUT2D eigenvalue weighted by atomic mass is 19.4. The lowest BCUT2D eigenvalue weighted by Gasteiger charge is -2.13. The number of alkyl halides is 3. The van der Waals surface area contributed by atoms with Crippen LogP contribution in [0.1, 0.15) is 12.5 Å². The lowest BCUT2D eigenvalue weighted by Crippen LogP contribution is -2.19. The maximum atomic E-state index is 13.1. The van der Waals surface area contributed by atoms with E-state index in [-0.39, 0.29) is 16.9 Å². The van der Waals surface area contributed by atoms with E-state index in [4.69, 9.17) is 0 Å². The van der Waals surface area contributed by atoms with E-state index in [1.54, 1.807) is 19.1 Å². The van der Waals surface area contributed by atoms with Gasteiger partial charge >= 0.3 is 6.18 Å². The minimum Gasteiger partial charge on any atom is -0.483 e. The van der Waals surface area contributed by atoms with E-state index >= 15 is 0 Å². The molecule has 0 N–H and O–H groups in total. The predicted octanol–water partition coefficient (Wildman–Crippen LogP) is 3.93. The van der Waals surface area contributed by atoms with E-state index in [0.29, 0.717) is 6.29 Å². The number of carbonyl (C=O) groups is 1. The van der Waals surface area contributed by atoms with Crippen LogP contribution in [0.2, 0.25) is 0 Å². The summed E-state index contributed by atoms with van der Waals surface area (Å²) in [5.41, 5.74) is 0.198. The Morgan fingerprint density at radius 3 is 2.60 bits per heavy atom. The summed E-state index contributed by atoms with van der Waals surface area (Å²) in [5.74, 6) is -1.08. The van der Waals surface area contributed by atoms with Crippen molar-refractivity contribution >= 4 is 11.9 Å². The maximum absolute atomic E-state index is 13.1. The van der Waals surface area contributed by atoms with E-state index in [9.17, 15) is 22.4 Å². The fraction of sp³-hybridized carbons (Fsp3) is 0.214. The third-order valence-electron chi connectivity index (χ3n) is 2.24. The zero-order valence-electron chi connectivity index (χ0n) is 10.6. The first kappa shape index (κ1) is 15.9. The first-order valence-electron chi connectivity index (χ1n) is 5.65. The second-order valence-corrected chi connectivity index (χ2v) is 3.81. The normalized spacial score (nSPS) is 12.8. The van der Waals surface area contributed by atoms with Gasteiger partial charge in [0.05, 0.1) is 0 Å². The summed E-state index contributed by atoms with van der Waals surface area (Å²) in [7, 11) is 0. The summed E-state index contributed by atoms with van der Waals surface area (Å²) in [6.45, 7) is 0.157. The molecule has 0 amide bonds. The summed E-state index contributed by atoms with van der Waals surface area (Å²) in [6, 6.07) is 3.06. The number of ether oxygens (including phenoxy) is 1. The second kappa shape index (κ2) is 6.88. The molecule has 1 aromatic carbocycles. The quantitative estimate of drug-likeness (QED) is 0.355. The van der Waals surface area contributed by atoms with Crippen LogP contribution in [0.4, 0.5) is 17.6 Å². The zero-order valence-corrected chi connectivity index (χ0v) is 10.6. The number of benzene rings is 1. The van der Waals surface area contributed by atoms with Gasteiger partial charge in [-0.2, -0.15) is 13.2 Å². The van der Waals surface area contributed by atoms with Crippen molar-refractivity contribution in [1.29, 1.82) is 0 Å². The van der Waals surface area contributed by atoms with Crippen molar-refractivity contribution in [3.63, 3.8) is 0 Å². The van der Waals surface area contributed by atoms with Gasteiger partial charge in [0.1, 0.15) is 11.6 Å². The zero-order chi connectivity index (χ0) is 15.2. The molecular weight excluding hydrogens is 276 g/mol. The van der Waals surface area contributed by atoms with Crippen molar-refractivity contribution in [3.05, 3.63) is 47.8 Å². The maximum Gasteiger partial charge on any atom is 0.422 e. The van der Waals surface area contributed by atoms with E-state index in [1.807, 2.05) is 0 Å². The SMILES string of the molecule is C/C=C\C=C(\C=O)c1ccc(F)cc1OCC(F)(F)F. The van der Waals surface area contributed by atoms with E-state index in [2.05, 4.69) is 4.74 Å². The minimum atomic E-state index is -4.54. The number of hydrogen-bond acceptors (Lipinski definition) is 2. The van der Waals surface area contributed by atoms with Gasteiger partial charge in [0.25, 0.3) is 0 Å². The molecule has 2 nitrogen and oxygen atoms in total. The number of carbonyl (C=O) groups excluding carboxylic acids is 1. The third-order valence-corrected chi connectivity index (χ3v) is 2.24. The Morgan fingerprint density at radius 2 is 2.05 bits per heavy atom. The van der Waals surface area contributed by atoms with Crippen LogP contribution < -0.4 is 4.74 Å². The molecule has 0 heterocycles. The Balaban J connectivity index is 3.15. The fourth-order valence-electron chi connectivity index (χ4n) is 1.41. The molecule has 0 aromatic heterocycles. The molecule has 0 spiro atoms. The highest BCUT2D eigenvalue weighted by molar-refractivity contribution is 6.08.